The molecule has 1 rings (SSSR count). The van der Waals surface area contributed by atoms with Crippen molar-refractivity contribution in [1.82, 2.24) is 0 Å². The summed E-state index contributed by atoms with van der Waals surface area (Å²) in [5.41, 5.74) is 0.366. The largest absolute Gasteiger partial charge is 0.489 e. The maximum atomic E-state index is 11.6. The zero-order valence-corrected chi connectivity index (χ0v) is 11.4. The molecule has 20 heavy (non-hydrogen) atoms. The summed E-state index contributed by atoms with van der Waals surface area (Å²) < 4.78 is 14.6. The van der Waals surface area contributed by atoms with Gasteiger partial charge in [-0.2, -0.15) is 0 Å². The number of carbonyl (C=O) groups excluding carboxylic acids is 2. The minimum atomic E-state index is -0.768. The molecule has 0 aliphatic heterocycles. The van der Waals surface area contributed by atoms with Gasteiger partial charge in [-0.25, -0.2) is 9.59 Å². The number of para-hydroxylation sites is 1. The Morgan fingerprint density at radius 1 is 1.15 bits per heavy atom. The van der Waals surface area contributed by atoms with E-state index in [-0.39, 0.29) is 5.57 Å². The monoisotopic (exact) mass is 276 g/mol. The summed E-state index contributed by atoms with van der Waals surface area (Å²) in [6, 6.07) is 6.98. The molecule has 0 radical (unpaired) electrons. The SMILES string of the molecule is C=CCOc1ccccc1C=C(C(=O)OC)C(=O)OC. The number of esters is 2. The fourth-order valence-corrected chi connectivity index (χ4v) is 1.46. The van der Waals surface area contributed by atoms with Crippen molar-refractivity contribution in [3.8, 4) is 5.75 Å². The number of rotatable bonds is 6. The molecule has 0 unspecified atom stereocenters. The van der Waals surface area contributed by atoms with Crippen molar-refractivity contribution in [2.75, 3.05) is 20.8 Å². The van der Waals surface area contributed by atoms with E-state index in [1.807, 2.05) is 0 Å². The highest BCUT2D eigenvalue weighted by atomic mass is 16.5. The first-order valence-corrected chi connectivity index (χ1v) is 5.85. The molecule has 1 aromatic carbocycles. The minimum Gasteiger partial charge on any atom is -0.489 e. The molecular weight excluding hydrogens is 260 g/mol. The Hall–Kier alpha value is -2.56. The molecular formula is C15H16O5. The van der Waals surface area contributed by atoms with Crippen LogP contribution in [0.2, 0.25) is 0 Å². The molecule has 0 saturated carbocycles. The van der Waals surface area contributed by atoms with Crippen LogP contribution in [-0.4, -0.2) is 32.8 Å². The Bertz CT molecular complexity index is 513. The quantitative estimate of drug-likeness (QED) is 0.261. The van der Waals surface area contributed by atoms with Gasteiger partial charge in [0.25, 0.3) is 0 Å². The number of carbonyl (C=O) groups is 2. The fourth-order valence-electron chi connectivity index (χ4n) is 1.46. The van der Waals surface area contributed by atoms with Gasteiger partial charge in [0.1, 0.15) is 17.9 Å². The van der Waals surface area contributed by atoms with Crippen LogP contribution in [0.25, 0.3) is 6.08 Å². The lowest BCUT2D eigenvalue weighted by molar-refractivity contribution is -0.143. The Balaban J connectivity index is 3.19. The second-order valence-electron chi connectivity index (χ2n) is 3.68. The molecule has 1 aromatic rings. The van der Waals surface area contributed by atoms with Gasteiger partial charge < -0.3 is 14.2 Å². The summed E-state index contributed by atoms with van der Waals surface area (Å²) in [6.45, 7) is 3.88. The lowest BCUT2D eigenvalue weighted by atomic mass is 10.1. The molecule has 0 spiro atoms. The second-order valence-corrected chi connectivity index (χ2v) is 3.68. The van der Waals surface area contributed by atoms with E-state index in [9.17, 15) is 9.59 Å². The highest BCUT2D eigenvalue weighted by molar-refractivity contribution is 6.17. The summed E-state index contributed by atoms with van der Waals surface area (Å²) in [6.07, 6.45) is 2.97. The highest BCUT2D eigenvalue weighted by Crippen LogP contribution is 2.21. The number of hydrogen-bond donors (Lipinski definition) is 0. The summed E-state index contributed by atoms with van der Waals surface area (Å²) in [5.74, 6) is -1.01. The maximum Gasteiger partial charge on any atom is 0.345 e. The van der Waals surface area contributed by atoms with Gasteiger partial charge in [-0.15, -0.1) is 0 Å². The van der Waals surface area contributed by atoms with Crippen molar-refractivity contribution < 1.29 is 23.8 Å². The zero-order chi connectivity index (χ0) is 15.0. The molecule has 0 amide bonds. The van der Waals surface area contributed by atoms with Gasteiger partial charge in [0.2, 0.25) is 0 Å². The number of hydrogen-bond acceptors (Lipinski definition) is 5. The van der Waals surface area contributed by atoms with Crippen LogP contribution in [-0.2, 0) is 19.1 Å². The first-order valence-electron chi connectivity index (χ1n) is 5.85. The van der Waals surface area contributed by atoms with E-state index >= 15 is 0 Å². The molecule has 106 valence electrons. The standard InChI is InChI=1S/C15H16O5/c1-4-9-20-13-8-6-5-7-11(13)10-12(14(16)18-2)15(17)19-3/h4-8,10H,1,9H2,2-3H3. The molecule has 0 heterocycles. The van der Waals surface area contributed by atoms with Crippen molar-refractivity contribution in [2.45, 2.75) is 0 Å². The van der Waals surface area contributed by atoms with E-state index in [2.05, 4.69) is 16.1 Å². The molecule has 5 heteroatoms. The third-order valence-electron chi connectivity index (χ3n) is 2.39. The third-order valence-corrected chi connectivity index (χ3v) is 2.39. The molecule has 0 atom stereocenters. The average Bonchev–Trinajstić information content (AvgIpc) is 2.49. The van der Waals surface area contributed by atoms with Crippen molar-refractivity contribution >= 4 is 18.0 Å². The molecule has 0 N–H and O–H groups in total. The van der Waals surface area contributed by atoms with Gasteiger partial charge >= 0.3 is 11.9 Å². The first kappa shape index (κ1) is 15.5. The number of methoxy groups -OCH3 is 2. The van der Waals surface area contributed by atoms with E-state index in [4.69, 9.17) is 4.74 Å². The molecule has 0 aliphatic rings. The van der Waals surface area contributed by atoms with Gasteiger partial charge in [-0.1, -0.05) is 30.9 Å². The lowest BCUT2D eigenvalue weighted by Crippen LogP contribution is -2.15. The topological polar surface area (TPSA) is 61.8 Å². The average molecular weight is 276 g/mol. The van der Waals surface area contributed by atoms with Crippen LogP contribution in [0.5, 0.6) is 5.75 Å². The minimum absolute atomic E-state index is 0.204. The fraction of sp³-hybridized carbons (Fsp3) is 0.200. The summed E-state index contributed by atoms with van der Waals surface area (Å²) >= 11 is 0. The maximum absolute atomic E-state index is 11.6. The molecule has 0 bridgehead atoms. The van der Waals surface area contributed by atoms with E-state index in [0.717, 1.165) is 0 Å². The van der Waals surface area contributed by atoms with Gasteiger partial charge in [0.05, 0.1) is 14.2 Å². The van der Waals surface area contributed by atoms with Crippen LogP contribution in [0.3, 0.4) is 0 Å². The Morgan fingerprint density at radius 3 is 2.30 bits per heavy atom. The molecule has 0 fully saturated rings. The Morgan fingerprint density at radius 2 is 1.75 bits per heavy atom. The van der Waals surface area contributed by atoms with Gasteiger partial charge in [0, 0.05) is 5.56 Å². The predicted octanol–water partition coefficient (Wildman–Crippen LogP) is 1.98. The summed E-state index contributed by atoms with van der Waals surface area (Å²) in [5, 5.41) is 0. The van der Waals surface area contributed by atoms with Crippen LogP contribution < -0.4 is 4.74 Å². The predicted molar refractivity (Wildman–Crippen MR) is 74.1 cm³/mol. The van der Waals surface area contributed by atoms with E-state index in [1.165, 1.54) is 20.3 Å². The van der Waals surface area contributed by atoms with Crippen LogP contribution >= 0.6 is 0 Å². The van der Waals surface area contributed by atoms with Crippen LogP contribution in [0.15, 0.2) is 42.5 Å². The number of benzene rings is 1. The molecule has 0 saturated heterocycles. The van der Waals surface area contributed by atoms with Crippen molar-refractivity contribution in [2.24, 2.45) is 0 Å². The van der Waals surface area contributed by atoms with Crippen molar-refractivity contribution in [3.05, 3.63) is 48.1 Å². The van der Waals surface area contributed by atoms with E-state index in [1.54, 1.807) is 30.3 Å². The highest BCUT2D eigenvalue weighted by Gasteiger charge is 2.20. The van der Waals surface area contributed by atoms with Gasteiger partial charge in [-0.3, -0.25) is 0 Å². The summed E-state index contributed by atoms with van der Waals surface area (Å²) in [4.78, 5) is 23.2. The van der Waals surface area contributed by atoms with E-state index in [0.29, 0.717) is 17.9 Å². The Kier molecular flexibility index (Phi) is 6.03. The third kappa shape index (κ3) is 3.98. The smallest absolute Gasteiger partial charge is 0.345 e. The number of ether oxygens (including phenoxy) is 3. The first-order chi connectivity index (χ1) is 9.63. The van der Waals surface area contributed by atoms with Crippen LogP contribution in [0.4, 0.5) is 0 Å². The Labute approximate surface area is 117 Å². The van der Waals surface area contributed by atoms with Crippen LogP contribution in [0.1, 0.15) is 5.56 Å². The van der Waals surface area contributed by atoms with Crippen molar-refractivity contribution in [1.29, 1.82) is 0 Å². The summed E-state index contributed by atoms with van der Waals surface area (Å²) in [7, 11) is 2.39. The molecule has 0 aliphatic carbocycles. The van der Waals surface area contributed by atoms with Crippen molar-refractivity contribution in [3.63, 3.8) is 0 Å². The van der Waals surface area contributed by atoms with Gasteiger partial charge in [0.15, 0.2) is 0 Å². The lowest BCUT2D eigenvalue weighted by Gasteiger charge is -2.08. The van der Waals surface area contributed by atoms with Gasteiger partial charge in [-0.05, 0) is 12.1 Å². The molecule has 5 nitrogen and oxygen atoms in total. The van der Waals surface area contributed by atoms with E-state index < -0.39 is 11.9 Å². The molecule has 0 aromatic heterocycles. The van der Waals surface area contributed by atoms with Crippen LogP contribution in [0, 0.1) is 0 Å². The zero-order valence-electron chi connectivity index (χ0n) is 11.4. The normalized spacial score (nSPS) is 9.30. The second kappa shape index (κ2) is 7.78.